The lowest BCUT2D eigenvalue weighted by molar-refractivity contribution is 0.935. The van der Waals surface area contributed by atoms with Crippen molar-refractivity contribution in [2.45, 2.75) is 0 Å². The zero-order valence-electron chi connectivity index (χ0n) is 6.94. The Balaban J connectivity index is 2.54. The van der Waals surface area contributed by atoms with Crippen molar-refractivity contribution < 1.29 is 0 Å². The van der Waals surface area contributed by atoms with Gasteiger partial charge in [-0.3, -0.25) is 0 Å². The Bertz CT molecular complexity index is 447. The average Bonchev–Trinajstić information content (AvgIpc) is 2.63. The molecule has 0 fully saturated rings. The number of allylic oxidation sites excluding steroid dienone is 1. The third-order valence-electron chi connectivity index (χ3n) is 1.82. The smallest absolute Gasteiger partial charge is 0.154 e. The van der Waals surface area contributed by atoms with E-state index < -0.39 is 0 Å². The van der Waals surface area contributed by atoms with Crippen LogP contribution in [-0.2, 0) is 0 Å². The van der Waals surface area contributed by atoms with Gasteiger partial charge in [-0.1, -0.05) is 22.5 Å². The van der Waals surface area contributed by atoms with Crippen LogP contribution < -0.4 is 0 Å². The molecule has 0 aromatic carbocycles. The average molecular weight is 238 g/mol. The van der Waals surface area contributed by atoms with Gasteiger partial charge in [0, 0.05) is 29.4 Å². The van der Waals surface area contributed by atoms with Crippen LogP contribution in [0.5, 0.6) is 0 Å². The van der Waals surface area contributed by atoms with Crippen molar-refractivity contribution in [3.63, 3.8) is 0 Å². The molecule has 2 rings (SSSR count). The van der Waals surface area contributed by atoms with E-state index in [1.807, 2.05) is 12.3 Å². The summed E-state index contributed by atoms with van der Waals surface area (Å²) in [6.45, 7) is 3.91. The third-order valence-corrected chi connectivity index (χ3v) is 2.49. The predicted octanol–water partition coefficient (Wildman–Crippen LogP) is 2.14. The third kappa shape index (κ3) is 1.49. The van der Waals surface area contributed by atoms with E-state index in [0.717, 1.165) is 22.1 Å². The van der Waals surface area contributed by atoms with Crippen LogP contribution in [0.1, 0.15) is 5.56 Å². The minimum Gasteiger partial charge on any atom is -0.236 e. The molecule has 0 saturated carbocycles. The number of aromatic nitrogens is 3. The van der Waals surface area contributed by atoms with Crippen LogP contribution in [-0.4, -0.2) is 19.9 Å². The highest BCUT2D eigenvalue weighted by Gasteiger charge is 2.00. The second-order valence-electron chi connectivity index (χ2n) is 2.71. The van der Waals surface area contributed by atoms with E-state index >= 15 is 0 Å². The van der Waals surface area contributed by atoms with Crippen molar-refractivity contribution in [1.29, 1.82) is 0 Å². The molecule has 0 unspecified atom stereocenters. The molecule has 0 amide bonds. The number of alkyl halides is 1. The van der Waals surface area contributed by atoms with Crippen molar-refractivity contribution in [2.75, 3.05) is 5.33 Å². The summed E-state index contributed by atoms with van der Waals surface area (Å²) >= 11 is 3.35. The van der Waals surface area contributed by atoms with Crippen LogP contribution in [0.4, 0.5) is 0 Å². The highest BCUT2D eigenvalue weighted by atomic mass is 79.9. The van der Waals surface area contributed by atoms with Crippen molar-refractivity contribution in [2.24, 2.45) is 0 Å². The van der Waals surface area contributed by atoms with Gasteiger partial charge in [-0.15, -0.1) is 0 Å². The first kappa shape index (κ1) is 8.44. The summed E-state index contributed by atoms with van der Waals surface area (Å²) in [6, 6.07) is 1.86. The van der Waals surface area contributed by atoms with Gasteiger partial charge < -0.3 is 0 Å². The lowest BCUT2D eigenvalue weighted by atomic mass is 10.2. The topological polar surface area (TPSA) is 30.2 Å². The summed E-state index contributed by atoms with van der Waals surface area (Å²) in [6.07, 6.45) is 5.45. The lowest BCUT2D eigenvalue weighted by Gasteiger charge is -2.00. The van der Waals surface area contributed by atoms with E-state index in [1.165, 1.54) is 0 Å². The molecule has 3 nitrogen and oxygen atoms in total. The number of halogens is 1. The second-order valence-corrected chi connectivity index (χ2v) is 3.27. The monoisotopic (exact) mass is 237 g/mol. The number of hydrogen-bond donors (Lipinski definition) is 0. The van der Waals surface area contributed by atoms with E-state index in [9.17, 15) is 0 Å². The Labute approximate surface area is 84.2 Å². The SMILES string of the molecule is C=C(CBr)c1cnc2ccnn2c1. The minimum absolute atomic E-state index is 0.751. The van der Waals surface area contributed by atoms with Gasteiger partial charge in [0.05, 0.1) is 6.20 Å². The molecule has 2 heterocycles. The van der Waals surface area contributed by atoms with Gasteiger partial charge in [0.2, 0.25) is 0 Å². The number of nitrogens with zero attached hydrogens (tertiary/aromatic N) is 3. The Morgan fingerprint density at radius 3 is 3.23 bits per heavy atom. The molecule has 0 N–H and O–H groups in total. The molecule has 0 saturated heterocycles. The standard InChI is InChI=1S/C9H8BrN3/c1-7(4-10)8-5-11-9-2-3-12-13(9)6-8/h2-3,5-6H,1,4H2. The van der Waals surface area contributed by atoms with Crippen LogP contribution in [0.15, 0.2) is 31.2 Å². The summed E-state index contributed by atoms with van der Waals surface area (Å²) in [5, 5.41) is 4.85. The highest BCUT2D eigenvalue weighted by Crippen LogP contribution is 2.13. The second kappa shape index (κ2) is 3.30. The van der Waals surface area contributed by atoms with Crippen molar-refractivity contribution in [3.8, 4) is 0 Å². The largest absolute Gasteiger partial charge is 0.236 e. The van der Waals surface area contributed by atoms with Crippen LogP contribution in [0, 0.1) is 0 Å². The van der Waals surface area contributed by atoms with E-state index in [2.05, 4.69) is 32.6 Å². The van der Waals surface area contributed by atoms with E-state index in [4.69, 9.17) is 0 Å². The summed E-state index contributed by atoms with van der Waals surface area (Å²) in [4.78, 5) is 4.23. The molecule has 2 aromatic rings. The molecule has 13 heavy (non-hydrogen) atoms. The van der Waals surface area contributed by atoms with Gasteiger partial charge in [0.15, 0.2) is 5.65 Å². The van der Waals surface area contributed by atoms with Crippen molar-refractivity contribution >= 4 is 27.2 Å². The van der Waals surface area contributed by atoms with Crippen molar-refractivity contribution in [1.82, 2.24) is 14.6 Å². The minimum atomic E-state index is 0.751. The lowest BCUT2D eigenvalue weighted by Crippen LogP contribution is -1.93. The molecule has 0 atom stereocenters. The number of hydrogen-bond acceptors (Lipinski definition) is 2. The quantitative estimate of drug-likeness (QED) is 0.750. The van der Waals surface area contributed by atoms with Gasteiger partial charge in [0.25, 0.3) is 0 Å². The van der Waals surface area contributed by atoms with Crippen molar-refractivity contribution in [3.05, 3.63) is 36.8 Å². The number of rotatable bonds is 2. The summed E-state index contributed by atoms with van der Waals surface area (Å²) in [5.41, 5.74) is 2.86. The van der Waals surface area contributed by atoms with Gasteiger partial charge in [-0.25, -0.2) is 9.50 Å². The normalized spacial score (nSPS) is 10.5. The molecule has 0 spiro atoms. The van der Waals surface area contributed by atoms with Crippen LogP contribution in [0.25, 0.3) is 11.2 Å². The summed E-state index contributed by atoms with van der Waals surface area (Å²) < 4.78 is 1.74. The maximum atomic E-state index is 4.23. The maximum absolute atomic E-state index is 4.23. The number of fused-ring (bicyclic) bond motifs is 1. The van der Waals surface area contributed by atoms with Gasteiger partial charge in [-0.2, -0.15) is 5.10 Å². The molecular weight excluding hydrogens is 230 g/mol. The van der Waals surface area contributed by atoms with Crippen LogP contribution in [0.3, 0.4) is 0 Å². The van der Waals surface area contributed by atoms with Crippen LogP contribution >= 0.6 is 15.9 Å². The molecule has 0 bridgehead atoms. The molecular formula is C9H8BrN3. The van der Waals surface area contributed by atoms with E-state index in [0.29, 0.717) is 0 Å². The Morgan fingerprint density at radius 2 is 2.46 bits per heavy atom. The molecule has 2 aromatic heterocycles. The van der Waals surface area contributed by atoms with Gasteiger partial charge in [-0.05, 0) is 5.57 Å². The highest BCUT2D eigenvalue weighted by molar-refractivity contribution is 9.09. The fourth-order valence-electron chi connectivity index (χ4n) is 1.07. The zero-order valence-corrected chi connectivity index (χ0v) is 8.53. The van der Waals surface area contributed by atoms with E-state index in [1.54, 1.807) is 16.9 Å². The van der Waals surface area contributed by atoms with E-state index in [-0.39, 0.29) is 0 Å². The Morgan fingerprint density at radius 1 is 1.62 bits per heavy atom. The molecule has 4 heteroatoms. The first-order valence-electron chi connectivity index (χ1n) is 3.85. The molecule has 0 radical (unpaired) electrons. The molecule has 66 valence electrons. The van der Waals surface area contributed by atoms with Gasteiger partial charge >= 0.3 is 0 Å². The first-order valence-corrected chi connectivity index (χ1v) is 4.97. The predicted molar refractivity (Wildman–Crippen MR) is 55.8 cm³/mol. The Hall–Kier alpha value is -1.16. The molecule has 0 aliphatic rings. The molecule has 0 aliphatic heterocycles. The Kier molecular flexibility index (Phi) is 2.14. The fraction of sp³-hybridized carbons (Fsp3) is 0.111. The summed E-state index contributed by atoms with van der Waals surface area (Å²) in [7, 11) is 0. The zero-order chi connectivity index (χ0) is 9.26. The van der Waals surface area contributed by atoms with Crippen LogP contribution in [0.2, 0.25) is 0 Å². The van der Waals surface area contributed by atoms with Gasteiger partial charge in [0.1, 0.15) is 0 Å². The first-order chi connectivity index (χ1) is 6.31. The molecule has 0 aliphatic carbocycles. The fourth-order valence-corrected chi connectivity index (χ4v) is 1.39. The summed E-state index contributed by atoms with van der Waals surface area (Å²) in [5.74, 6) is 0. The maximum Gasteiger partial charge on any atom is 0.154 e.